The summed E-state index contributed by atoms with van der Waals surface area (Å²) in [6.07, 6.45) is 0. The van der Waals surface area contributed by atoms with Crippen LogP contribution in [0.2, 0.25) is 0 Å². The zero-order valence-electron chi connectivity index (χ0n) is 8.08. The van der Waals surface area contributed by atoms with Crippen LogP contribution in [0.3, 0.4) is 0 Å². The zero-order valence-corrected chi connectivity index (χ0v) is 8.90. The van der Waals surface area contributed by atoms with E-state index in [-0.39, 0.29) is 5.00 Å². The molecule has 0 fully saturated rings. The van der Waals surface area contributed by atoms with Crippen LogP contribution in [0.1, 0.15) is 11.4 Å². The number of aromatic nitrogens is 4. The van der Waals surface area contributed by atoms with Crippen molar-refractivity contribution >= 4 is 16.3 Å². The highest BCUT2D eigenvalue weighted by atomic mass is 32.1. The fraction of sp³-hybridized carbons (Fsp3) is 0.286. The maximum absolute atomic E-state index is 10.4. The second kappa shape index (κ2) is 4.77. The Kier molecular flexibility index (Phi) is 3.17. The molecule has 0 aliphatic heterocycles. The smallest absolute Gasteiger partial charge is 0.306 e. The lowest BCUT2D eigenvalue weighted by molar-refractivity contribution is -0.380. The SMILES string of the molecule is O=[N+]([O-])c1cc(CNCc2nn[nH]n2)cs1. The molecule has 0 saturated carbocycles. The fourth-order valence-electron chi connectivity index (χ4n) is 1.13. The predicted octanol–water partition coefficient (Wildman–Crippen LogP) is 0.459. The summed E-state index contributed by atoms with van der Waals surface area (Å²) >= 11 is 1.12. The summed E-state index contributed by atoms with van der Waals surface area (Å²) in [4.78, 5) is 10.0. The normalized spacial score (nSPS) is 10.5. The number of aromatic amines is 1. The van der Waals surface area contributed by atoms with Crippen LogP contribution in [0.4, 0.5) is 5.00 Å². The fourth-order valence-corrected chi connectivity index (χ4v) is 1.86. The average molecular weight is 240 g/mol. The van der Waals surface area contributed by atoms with Gasteiger partial charge in [-0.1, -0.05) is 16.6 Å². The van der Waals surface area contributed by atoms with Gasteiger partial charge in [0.15, 0.2) is 5.82 Å². The Labute approximate surface area is 93.8 Å². The zero-order chi connectivity index (χ0) is 11.4. The van der Waals surface area contributed by atoms with Gasteiger partial charge in [-0.25, -0.2) is 0 Å². The van der Waals surface area contributed by atoms with Gasteiger partial charge >= 0.3 is 5.00 Å². The van der Waals surface area contributed by atoms with Crippen LogP contribution in [0.25, 0.3) is 0 Å². The molecule has 16 heavy (non-hydrogen) atoms. The molecule has 8 nitrogen and oxygen atoms in total. The number of rotatable bonds is 5. The monoisotopic (exact) mass is 240 g/mol. The van der Waals surface area contributed by atoms with Crippen molar-refractivity contribution in [2.24, 2.45) is 0 Å². The van der Waals surface area contributed by atoms with Gasteiger partial charge in [0.2, 0.25) is 0 Å². The molecule has 0 atom stereocenters. The molecule has 2 heterocycles. The maximum Gasteiger partial charge on any atom is 0.324 e. The lowest BCUT2D eigenvalue weighted by Gasteiger charge is -1.97. The van der Waals surface area contributed by atoms with E-state index in [0.717, 1.165) is 16.9 Å². The van der Waals surface area contributed by atoms with Crippen molar-refractivity contribution in [3.63, 3.8) is 0 Å². The molecular weight excluding hydrogens is 232 g/mol. The van der Waals surface area contributed by atoms with Gasteiger partial charge in [-0.2, -0.15) is 5.21 Å². The van der Waals surface area contributed by atoms with Crippen LogP contribution >= 0.6 is 11.3 Å². The van der Waals surface area contributed by atoms with Crippen molar-refractivity contribution < 1.29 is 4.92 Å². The number of nitro groups is 1. The first-order valence-corrected chi connectivity index (χ1v) is 5.28. The summed E-state index contributed by atoms with van der Waals surface area (Å²) in [7, 11) is 0. The van der Waals surface area contributed by atoms with Crippen LogP contribution in [-0.2, 0) is 13.1 Å². The van der Waals surface area contributed by atoms with Gasteiger partial charge in [-0.05, 0) is 5.56 Å². The molecule has 0 aromatic carbocycles. The molecule has 2 aromatic heterocycles. The van der Waals surface area contributed by atoms with Gasteiger partial charge in [0.25, 0.3) is 0 Å². The van der Waals surface area contributed by atoms with Crippen LogP contribution < -0.4 is 5.32 Å². The Balaban J connectivity index is 1.83. The minimum Gasteiger partial charge on any atom is -0.306 e. The van der Waals surface area contributed by atoms with Crippen molar-refractivity contribution in [2.75, 3.05) is 0 Å². The van der Waals surface area contributed by atoms with Crippen LogP contribution in [0, 0.1) is 10.1 Å². The van der Waals surface area contributed by atoms with Gasteiger partial charge in [-0.15, -0.1) is 10.2 Å². The Morgan fingerprint density at radius 3 is 3.06 bits per heavy atom. The van der Waals surface area contributed by atoms with Gasteiger partial charge in [0, 0.05) is 18.0 Å². The predicted molar refractivity (Wildman–Crippen MR) is 55.7 cm³/mol. The molecule has 0 aliphatic rings. The van der Waals surface area contributed by atoms with E-state index in [1.54, 1.807) is 11.4 Å². The number of thiophene rings is 1. The first-order chi connectivity index (χ1) is 7.75. The van der Waals surface area contributed by atoms with E-state index in [1.165, 1.54) is 0 Å². The lowest BCUT2D eigenvalue weighted by atomic mass is 10.3. The van der Waals surface area contributed by atoms with E-state index in [0.29, 0.717) is 18.9 Å². The molecule has 0 saturated heterocycles. The molecule has 2 rings (SSSR count). The quantitative estimate of drug-likeness (QED) is 0.580. The van der Waals surface area contributed by atoms with Gasteiger partial charge in [0.05, 0.1) is 11.5 Å². The van der Waals surface area contributed by atoms with Gasteiger partial charge in [0.1, 0.15) is 0 Å². The van der Waals surface area contributed by atoms with Crippen molar-refractivity contribution in [1.29, 1.82) is 0 Å². The first-order valence-electron chi connectivity index (χ1n) is 4.40. The first kappa shape index (κ1) is 10.6. The van der Waals surface area contributed by atoms with Crippen molar-refractivity contribution in [3.05, 3.63) is 32.9 Å². The van der Waals surface area contributed by atoms with E-state index in [4.69, 9.17) is 0 Å². The van der Waals surface area contributed by atoms with Gasteiger partial charge < -0.3 is 5.32 Å². The summed E-state index contributed by atoms with van der Waals surface area (Å²) < 4.78 is 0. The molecule has 0 spiro atoms. The van der Waals surface area contributed by atoms with Crippen LogP contribution in [0.5, 0.6) is 0 Å². The van der Waals surface area contributed by atoms with E-state index in [9.17, 15) is 10.1 Å². The average Bonchev–Trinajstić information content (AvgIpc) is 2.87. The second-order valence-corrected chi connectivity index (χ2v) is 3.87. The summed E-state index contributed by atoms with van der Waals surface area (Å²) in [5, 5.41) is 28.7. The Morgan fingerprint density at radius 2 is 2.44 bits per heavy atom. The number of hydrogen-bond acceptors (Lipinski definition) is 7. The van der Waals surface area contributed by atoms with E-state index in [1.807, 2.05) is 0 Å². The van der Waals surface area contributed by atoms with Crippen molar-refractivity contribution in [3.8, 4) is 0 Å². The number of H-pyrrole nitrogens is 1. The third-order valence-corrected chi connectivity index (χ3v) is 2.75. The third kappa shape index (κ3) is 2.58. The molecule has 2 N–H and O–H groups in total. The van der Waals surface area contributed by atoms with E-state index >= 15 is 0 Å². The molecular formula is C7H8N6O2S. The Morgan fingerprint density at radius 1 is 1.56 bits per heavy atom. The molecule has 0 unspecified atom stereocenters. The molecule has 0 amide bonds. The highest BCUT2D eigenvalue weighted by molar-refractivity contribution is 7.13. The van der Waals surface area contributed by atoms with Gasteiger partial charge in [-0.3, -0.25) is 10.1 Å². The van der Waals surface area contributed by atoms with Crippen molar-refractivity contribution in [2.45, 2.75) is 13.1 Å². The number of nitrogens with one attached hydrogen (secondary N) is 2. The van der Waals surface area contributed by atoms with Crippen molar-refractivity contribution in [1.82, 2.24) is 25.9 Å². The molecule has 0 radical (unpaired) electrons. The third-order valence-electron chi connectivity index (χ3n) is 1.82. The number of hydrogen-bond donors (Lipinski definition) is 2. The van der Waals surface area contributed by atoms with Crippen LogP contribution in [0.15, 0.2) is 11.4 Å². The standard InChI is InChI=1S/C7H8N6O2S/c14-13(15)7-1-5(4-16-7)2-8-3-6-9-11-12-10-6/h1,4,8H,2-3H2,(H,9,10,11,12). The highest BCUT2D eigenvalue weighted by Gasteiger charge is 2.09. The van der Waals surface area contributed by atoms with E-state index in [2.05, 4.69) is 25.9 Å². The van der Waals surface area contributed by atoms with E-state index < -0.39 is 4.92 Å². The largest absolute Gasteiger partial charge is 0.324 e. The minimum atomic E-state index is -0.395. The minimum absolute atomic E-state index is 0.149. The second-order valence-electron chi connectivity index (χ2n) is 2.98. The summed E-state index contributed by atoms with van der Waals surface area (Å²) in [6.45, 7) is 1.01. The lowest BCUT2D eigenvalue weighted by Crippen LogP contribution is -2.13. The van der Waals surface area contributed by atoms with Crippen LogP contribution in [-0.4, -0.2) is 25.5 Å². The molecule has 0 aliphatic carbocycles. The highest BCUT2D eigenvalue weighted by Crippen LogP contribution is 2.22. The Hall–Kier alpha value is -1.87. The molecule has 84 valence electrons. The molecule has 0 bridgehead atoms. The Bertz CT molecular complexity index is 467. The molecule has 2 aromatic rings. The molecule has 9 heteroatoms. The summed E-state index contributed by atoms with van der Waals surface area (Å²) in [6, 6.07) is 1.55. The maximum atomic E-state index is 10.4. The summed E-state index contributed by atoms with van der Waals surface area (Å²) in [5.74, 6) is 0.560. The number of nitrogens with zero attached hydrogens (tertiary/aromatic N) is 4. The topological polar surface area (TPSA) is 110 Å². The number of tetrazole rings is 1. The summed E-state index contributed by atoms with van der Waals surface area (Å²) in [5.41, 5.74) is 0.875.